The van der Waals surface area contributed by atoms with Gasteiger partial charge < -0.3 is 10.2 Å². The Bertz CT molecular complexity index is 432. The molecule has 0 spiro atoms. The molecule has 0 bridgehead atoms. The first-order chi connectivity index (χ1) is 8.06. The summed E-state index contributed by atoms with van der Waals surface area (Å²) < 4.78 is 0. The van der Waals surface area contributed by atoms with Crippen LogP contribution in [0.4, 0.5) is 5.69 Å². The van der Waals surface area contributed by atoms with Crippen molar-refractivity contribution < 1.29 is 4.79 Å². The highest BCUT2D eigenvalue weighted by Gasteiger charge is 2.23. The van der Waals surface area contributed by atoms with E-state index in [-0.39, 0.29) is 18.3 Å². The maximum absolute atomic E-state index is 11.1. The largest absolute Gasteiger partial charge is 0.326 e. The first-order valence-corrected chi connectivity index (χ1v) is 6.11. The summed E-state index contributed by atoms with van der Waals surface area (Å²) in [6.07, 6.45) is 2.38. The van der Waals surface area contributed by atoms with Crippen molar-refractivity contribution in [2.75, 3.05) is 26.0 Å². The van der Waals surface area contributed by atoms with Gasteiger partial charge in [0.2, 0.25) is 5.91 Å². The van der Waals surface area contributed by atoms with Crippen LogP contribution in [0.2, 0.25) is 0 Å². The average molecular weight is 269 g/mol. The van der Waals surface area contributed by atoms with Crippen LogP contribution in [0, 0.1) is 0 Å². The number of hydrogen-bond donors (Lipinski definition) is 1. The lowest BCUT2D eigenvalue weighted by molar-refractivity contribution is -0.114. The van der Waals surface area contributed by atoms with Crippen molar-refractivity contribution in [2.45, 2.75) is 25.7 Å². The van der Waals surface area contributed by atoms with Gasteiger partial charge in [0.25, 0.3) is 0 Å². The van der Waals surface area contributed by atoms with E-state index in [1.54, 1.807) is 6.92 Å². The maximum Gasteiger partial charge on any atom is 0.221 e. The van der Waals surface area contributed by atoms with Crippen molar-refractivity contribution in [1.82, 2.24) is 4.90 Å². The Morgan fingerprint density at radius 3 is 2.78 bits per heavy atom. The number of nitrogens with one attached hydrogen (secondary N) is 1. The van der Waals surface area contributed by atoms with Gasteiger partial charge in [0.1, 0.15) is 0 Å². The van der Waals surface area contributed by atoms with Gasteiger partial charge in [-0.3, -0.25) is 4.79 Å². The van der Waals surface area contributed by atoms with Gasteiger partial charge in [0, 0.05) is 19.2 Å². The van der Waals surface area contributed by atoms with Crippen LogP contribution in [0.25, 0.3) is 0 Å². The topological polar surface area (TPSA) is 32.3 Å². The van der Waals surface area contributed by atoms with Crippen molar-refractivity contribution in [3.05, 3.63) is 29.3 Å². The van der Waals surface area contributed by atoms with Gasteiger partial charge in [-0.25, -0.2) is 0 Å². The highest BCUT2D eigenvalue weighted by atomic mass is 35.5. The zero-order valence-corrected chi connectivity index (χ0v) is 12.0. The van der Waals surface area contributed by atoms with Gasteiger partial charge in [-0.1, -0.05) is 6.07 Å². The van der Waals surface area contributed by atoms with Crippen LogP contribution in [-0.2, 0) is 11.2 Å². The Morgan fingerprint density at radius 1 is 1.44 bits per heavy atom. The lowest BCUT2D eigenvalue weighted by Gasteiger charge is -2.17. The second-order valence-electron chi connectivity index (χ2n) is 5.09. The smallest absolute Gasteiger partial charge is 0.221 e. The van der Waals surface area contributed by atoms with E-state index in [1.807, 2.05) is 6.07 Å². The molecule has 0 radical (unpaired) electrons. The molecule has 0 heterocycles. The summed E-state index contributed by atoms with van der Waals surface area (Å²) in [5.74, 6) is 0.598. The third kappa shape index (κ3) is 3.47. The molecule has 3 nitrogen and oxygen atoms in total. The number of benzene rings is 1. The maximum atomic E-state index is 11.1. The van der Waals surface area contributed by atoms with Crippen LogP contribution >= 0.6 is 12.4 Å². The Labute approximate surface area is 115 Å². The fourth-order valence-electron chi connectivity index (χ4n) is 2.60. The molecule has 1 aliphatic rings. The molecule has 1 aliphatic carbocycles. The SMILES string of the molecule is CC(=O)Nc1ccc2c(c1)C(CN(C)C)CC2.Cl. The van der Waals surface area contributed by atoms with Crippen LogP contribution in [0.3, 0.4) is 0 Å². The number of likely N-dealkylation sites (N-methyl/N-ethyl adjacent to an activating group) is 1. The van der Waals surface area contributed by atoms with Crippen molar-refractivity contribution in [3.8, 4) is 0 Å². The zero-order chi connectivity index (χ0) is 12.4. The van der Waals surface area contributed by atoms with Crippen LogP contribution < -0.4 is 5.32 Å². The molecule has 0 aromatic heterocycles. The van der Waals surface area contributed by atoms with Gasteiger partial charge in [-0.15, -0.1) is 12.4 Å². The molecule has 100 valence electrons. The van der Waals surface area contributed by atoms with E-state index >= 15 is 0 Å². The van der Waals surface area contributed by atoms with E-state index in [0.29, 0.717) is 5.92 Å². The fraction of sp³-hybridized carbons (Fsp3) is 0.500. The third-order valence-corrected chi connectivity index (χ3v) is 3.25. The highest BCUT2D eigenvalue weighted by molar-refractivity contribution is 5.88. The second-order valence-corrected chi connectivity index (χ2v) is 5.09. The minimum absolute atomic E-state index is 0. The van der Waals surface area contributed by atoms with Gasteiger partial charge in [0.05, 0.1) is 0 Å². The van der Waals surface area contributed by atoms with Crippen molar-refractivity contribution in [1.29, 1.82) is 0 Å². The minimum atomic E-state index is -0.00731. The molecule has 1 aromatic rings. The third-order valence-electron chi connectivity index (χ3n) is 3.25. The summed E-state index contributed by atoms with van der Waals surface area (Å²) in [7, 11) is 4.21. The van der Waals surface area contributed by atoms with Gasteiger partial charge in [0.15, 0.2) is 0 Å². The number of rotatable bonds is 3. The lowest BCUT2D eigenvalue weighted by atomic mass is 10.0. The molecule has 2 rings (SSSR count). The predicted octanol–water partition coefficient (Wildman–Crippen LogP) is 2.66. The number of nitrogens with zero attached hydrogens (tertiary/aromatic N) is 1. The summed E-state index contributed by atoms with van der Waals surface area (Å²) in [6.45, 7) is 2.63. The molecule has 1 amide bonds. The Morgan fingerprint density at radius 2 is 2.17 bits per heavy atom. The van der Waals surface area contributed by atoms with Gasteiger partial charge in [-0.2, -0.15) is 0 Å². The number of carbonyl (C=O) groups is 1. The molecule has 0 aliphatic heterocycles. The average Bonchev–Trinajstić information content (AvgIpc) is 2.59. The summed E-state index contributed by atoms with van der Waals surface area (Å²) >= 11 is 0. The summed E-state index contributed by atoms with van der Waals surface area (Å²) in [4.78, 5) is 13.3. The van der Waals surface area contributed by atoms with Gasteiger partial charge in [-0.05, 0) is 56.1 Å². The summed E-state index contributed by atoms with van der Waals surface area (Å²) in [5, 5.41) is 2.86. The van der Waals surface area contributed by atoms with E-state index < -0.39 is 0 Å². The summed E-state index contributed by atoms with van der Waals surface area (Å²) in [6, 6.07) is 6.28. The Kier molecular flexibility index (Phi) is 5.17. The van der Waals surface area contributed by atoms with Crippen LogP contribution in [0.5, 0.6) is 0 Å². The molecule has 1 aromatic carbocycles. The van der Waals surface area contributed by atoms with Crippen molar-refractivity contribution in [2.24, 2.45) is 0 Å². The Balaban J connectivity index is 0.00000162. The number of aryl methyl sites for hydroxylation is 1. The van der Waals surface area contributed by atoms with Crippen LogP contribution in [-0.4, -0.2) is 31.4 Å². The number of carbonyl (C=O) groups excluding carboxylic acids is 1. The van der Waals surface area contributed by atoms with E-state index in [1.165, 1.54) is 17.5 Å². The second kappa shape index (κ2) is 6.21. The number of halogens is 1. The zero-order valence-electron chi connectivity index (χ0n) is 11.2. The van der Waals surface area contributed by atoms with Crippen LogP contribution in [0.15, 0.2) is 18.2 Å². The molecule has 1 N–H and O–H groups in total. The standard InChI is InChI=1S/C14H20N2O.ClH/c1-10(17)15-13-7-6-11-4-5-12(9-16(2)3)14(11)8-13;/h6-8,12H,4-5,9H2,1-3H3,(H,15,17);1H. The van der Waals surface area contributed by atoms with E-state index in [2.05, 4.69) is 36.4 Å². The number of amides is 1. The molecule has 1 unspecified atom stereocenters. The summed E-state index contributed by atoms with van der Waals surface area (Å²) in [5.41, 5.74) is 3.76. The number of anilines is 1. The molecular weight excluding hydrogens is 248 g/mol. The molecule has 0 saturated carbocycles. The van der Waals surface area contributed by atoms with E-state index in [9.17, 15) is 4.79 Å². The first-order valence-electron chi connectivity index (χ1n) is 6.11. The lowest BCUT2D eigenvalue weighted by Crippen LogP contribution is -2.19. The van der Waals surface area contributed by atoms with Crippen LogP contribution in [0.1, 0.15) is 30.4 Å². The molecule has 1 atom stereocenters. The van der Waals surface area contributed by atoms with E-state index in [0.717, 1.165) is 18.7 Å². The minimum Gasteiger partial charge on any atom is -0.326 e. The monoisotopic (exact) mass is 268 g/mol. The van der Waals surface area contributed by atoms with E-state index in [4.69, 9.17) is 0 Å². The van der Waals surface area contributed by atoms with Gasteiger partial charge >= 0.3 is 0 Å². The normalized spacial score (nSPS) is 17.2. The van der Waals surface area contributed by atoms with Crippen molar-refractivity contribution in [3.63, 3.8) is 0 Å². The molecule has 4 heteroatoms. The Hall–Kier alpha value is -1.06. The molecule has 0 fully saturated rings. The quantitative estimate of drug-likeness (QED) is 0.914. The first kappa shape index (κ1) is 15.0. The number of hydrogen-bond acceptors (Lipinski definition) is 2. The molecular formula is C14H21ClN2O. The highest BCUT2D eigenvalue weighted by Crippen LogP contribution is 2.35. The number of fused-ring (bicyclic) bond motifs is 1. The van der Waals surface area contributed by atoms with Crippen molar-refractivity contribution >= 4 is 24.0 Å². The predicted molar refractivity (Wildman–Crippen MR) is 77.6 cm³/mol. The molecule has 18 heavy (non-hydrogen) atoms. The fourth-order valence-corrected chi connectivity index (χ4v) is 2.60. The molecule has 0 saturated heterocycles.